The van der Waals surface area contributed by atoms with Crippen molar-refractivity contribution < 1.29 is 43.6 Å². The van der Waals surface area contributed by atoms with Crippen molar-refractivity contribution in [3.8, 4) is 0 Å². The molecule has 0 rings (SSSR count). The van der Waals surface area contributed by atoms with Gasteiger partial charge in [0.05, 0.1) is 0 Å². The van der Waals surface area contributed by atoms with Crippen molar-refractivity contribution in [3.63, 3.8) is 0 Å². The minimum atomic E-state index is -2.05. The van der Waals surface area contributed by atoms with Gasteiger partial charge in [0.25, 0.3) is 6.29 Å². The fourth-order valence-electron chi connectivity index (χ4n) is 1.13. The zero-order valence-electron chi connectivity index (χ0n) is 13.4. The maximum atomic E-state index is 11.3. The van der Waals surface area contributed by atoms with E-state index in [0.29, 0.717) is 0 Å². The second-order valence-corrected chi connectivity index (χ2v) is 4.88. The monoisotopic (exact) mass is 344 g/mol. The molecule has 2 N–H and O–H groups in total. The third-order valence-corrected chi connectivity index (χ3v) is 2.37. The molecule has 0 saturated heterocycles. The van der Waals surface area contributed by atoms with E-state index in [4.69, 9.17) is 0 Å². The maximum Gasteiger partial charge on any atom is 0.333 e. The lowest BCUT2D eigenvalue weighted by Gasteiger charge is -2.13. The van der Waals surface area contributed by atoms with Gasteiger partial charge in [-0.3, -0.25) is 14.4 Å². The average molecular weight is 344 g/mol. The van der Waals surface area contributed by atoms with Crippen molar-refractivity contribution in [2.75, 3.05) is 13.2 Å². The van der Waals surface area contributed by atoms with Gasteiger partial charge in [0.15, 0.2) is 0 Å². The van der Waals surface area contributed by atoms with Gasteiger partial charge >= 0.3 is 17.9 Å². The van der Waals surface area contributed by atoms with Crippen LogP contribution in [0.1, 0.15) is 20.3 Å². The van der Waals surface area contributed by atoms with Crippen LogP contribution >= 0.6 is 0 Å². The topological polar surface area (TPSA) is 136 Å². The molecule has 2 unspecified atom stereocenters. The second-order valence-electron chi connectivity index (χ2n) is 4.88. The van der Waals surface area contributed by atoms with Gasteiger partial charge in [-0.05, 0) is 19.4 Å². The summed E-state index contributed by atoms with van der Waals surface area (Å²) in [7, 11) is 0. The SMILES string of the molecule is C=C(C)C(=O)OCC(O)COC(=O)CC(=O)OC(O)C(=O)C(=C)C. The molecule has 9 nitrogen and oxygen atoms in total. The molecule has 0 spiro atoms. The molecule has 134 valence electrons. The molecule has 0 aromatic heterocycles. The molecule has 0 aliphatic carbocycles. The summed E-state index contributed by atoms with van der Waals surface area (Å²) in [5.74, 6) is -3.85. The van der Waals surface area contributed by atoms with Crippen LogP contribution in [0.3, 0.4) is 0 Å². The quantitative estimate of drug-likeness (QED) is 0.175. The van der Waals surface area contributed by atoms with Crippen LogP contribution in [-0.4, -0.2) is 59.5 Å². The fraction of sp³-hybridized carbons (Fsp3) is 0.467. The van der Waals surface area contributed by atoms with E-state index in [-0.39, 0.29) is 11.1 Å². The second kappa shape index (κ2) is 10.3. The number of rotatable bonds is 10. The van der Waals surface area contributed by atoms with Gasteiger partial charge in [-0.15, -0.1) is 0 Å². The van der Waals surface area contributed by atoms with Crippen molar-refractivity contribution in [1.82, 2.24) is 0 Å². The first kappa shape index (κ1) is 21.5. The minimum Gasteiger partial charge on any atom is -0.462 e. The normalized spacial score (nSPS) is 12.5. The predicted molar refractivity (Wildman–Crippen MR) is 79.3 cm³/mol. The van der Waals surface area contributed by atoms with Crippen LogP contribution in [0, 0.1) is 0 Å². The third kappa shape index (κ3) is 8.81. The number of hydrogen-bond donors (Lipinski definition) is 2. The van der Waals surface area contributed by atoms with E-state index in [1.165, 1.54) is 13.8 Å². The first-order chi connectivity index (χ1) is 11.0. The van der Waals surface area contributed by atoms with Crippen LogP contribution in [0.2, 0.25) is 0 Å². The number of hydrogen-bond acceptors (Lipinski definition) is 9. The van der Waals surface area contributed by atoms with E-state index >= 15 is 0 Å². The molecule has 0 aliphatic rings. The van der Waals surface area contributed by atoms with E-state index in [2.05, 4.69) is 27.4 Å². The number of ether oxygens (including phenoxy) is 3. The summed E-state index contributed by atoms with van der Waals surface area (Å²) < 4.78 is 13.5. The standard InChI is InChI=1S/C15H20O9/c1-8(2)13(19)15(21)24-12(18)5-11(17)22-6-10(16)7-23-14(20)9(3)4/h10,15-16,21H,1,3,5-7H2,2,4H3. The first-order valence-corrected chi connectivity index (χ1v) is 6.78. The van der Waals surface area contributed by atoms with Gasteiger partial charge in [-0.1, -0.05) is 13.2 Å². The summed E-state index contributed by atoms with van der Waals surface area (Å²) >= 11 is 0. The van der Waals surface area contributed by atoms with E-state index in [9.17, 15) is 29.4 Å². The highest BCUT2D eigenvalue weighted by molar-refractivity contribution is 5.98. The lowest BCUT2D eigenvalue weighted by Crippen LogP contribution is -2.29. The van der Waals surface area contributed by atoms with Crippen LogP contribution in [0.25, 0.3) is 0 Å². The number of aliphatic hydroxyl groups excluding tert-OH is 2. The molecular weight excluding hydrogens is 324 g/mol. The largest absolute Gasteiger partial charge is 0.462 e. The van der Waals surface area contributed by atoms with Crippen molar-refractivity contribution in [1.29, 1.82) is 0 Å². The Morgan fingerprint density at radius 1 is 0.917 bits per heavy atom. The van der Waals surface area contributed by atoms with E-state index in [1.807, 2.05) is 0 Å². The molecular formula is C15H20O9. The van der Waals surface area contributed by atoms with Crippen LogP contribution < -0.4 is 0 Å². The summed E-state index contributed by atoms with van der Waals surface area (Å²) in [6.45, 7) is 8.41. The number of aliphatic hydroxyl groups is 2. The van der Waals surface area contributed by atoms with Crippen molar-refractivity contribution in [2.45, 2.75) is 32.7 Å². The Morgan fingerprint density at radius 3 is 1.96 bits per heavy atom. The predicted octanol–water partition coefficient (Wildman–Crippen LogP) is -0.593. The molecule has 0 saturated carbocycles. The van der Waals surface area contributed by atoms with E-state index in [0.717, 1.165) is 0 Å². The van der Waals surface area contributed by atoms with Crippen molar-refractivity contribution in [2.24, 2.45) is 0 Å². The van der Waals surface area contributed by atoms with Crippen molar-refractivity contribution in [3.05, 3.63) is 24.3 Å². The molecule has 9 heteroatoms. The number of Topliss-reactive ketones (excluding diaryl/α,β-unsaturated/α-hetero) is 1. The summed E-state index contributed by atoms with van der Waals surface area (Å²) in [5.41, 5.74) is 0.120. The molecule has 0 amide bonds. The third-order valence-electron chi connectivity index (χ3n) is 2.37. The van der Waals surface area contributed by atoms with Crippen LogP contribution in [0.4, 0.5) is 0 Å². The lowest BCUT2D eigenvalue weighted by atomic mass is 10.2. The smallest absolute Gasteiger partial charge is 0.333 e. The Balaban J connectivity index is 4.10. The molecule has 24 heavy (non-hydrogen) atoms. The minimum absolute atomic E-state index is 0.0229. The van der Waals surface area contributed by atoms with Crippen LogP contribution in [0.15, 0.2) is 24.3 Å². The Bertz CT molecular complexity index is 535. The first-order valence-electron chi connectivity index (χ1n) is 6.78. The van der Waals surface area contributed by atoms with Gasteiger partial charge < -0.3 is 24.4 Å². The Kier molecular flexibility index (Phi) is 9.21. The van der Waals surface area contributed by atoms with Crippen LogP contribution in [0.5, 0.6) is 0 Å². The summed E-state index contributed by atoms with van der Waals surface area (Å²) in [6, 6.07) is 0. The van der Waals surface area contributed by atoms with Gasteiger partial charge in [0.2, 0.25) is 5.78 Å². The zero-order chi connectivity index (χ0) is 18.9. The summed E-state index contributed by atoms with van der Waals surface area (Å²) in [4.78, 5) is 45.0. The Hall–Kier alpha value is -2.52. The molecule has 0 aromatic carbocycles. The summed E-state index contributed by atoms with van der Waals surface area (Å²) in [5, 5.41) is 18.7. The van der Waals surface area contributed by atoms with Gasteiger partial charge in [0, 0.05) is 5.57 Å². The zero-order valence-corrected chi connectivity index (χ0v) is 13.4. The van der Waals surface area contributed by atoms with Crippen LogP contribution in [-0.2, 0) is 33.4 Å². The number of esters is 3. The molecule has 2 atom stereocenters. The van der Waals surface area contributed by atoms with Gasteiger partial charge in [-0.25, -0.2) is 4.79 Å². The average Bonchev–Trinajstić information content (AvgIpc) is 2.48. The van der Waals surface area contributed by atoms with Crippen molar-refractivity contribution >= 4 is 23.7 Å². The molecule has 0 bridgehead atoms. The highest BCUT2D eigenvalue weighted by Crippen LogP contribution is 2.02. The Morgan fingerprint density at radius 2 is 1.46 bits per heavy atom. The highest BCUT2D eigenvalue weighted by Gasteiger charge is 2.22. The molecule has 0 radical (unpaired) electrons. The van der Waals surface area contributed by atoms with Gasteiger partial charge in [0.1, 0.15) is 25.7 Å². The number of carbonyl (C=O) groups is 4. The highest BCUT2D eigenvalue weighted by atomic mass is 16.6. The summed E-state index contributed by atoms with van der Waals surface area (Å²) in [6.07, 6.45) is -4.21. The van der Waals surface area contributed by atoms with E-state index in [1.54, 1.807) is 0 Å². The molecule has 0 fully saturated rings. The lowest BCUT2D eigenvalue weighted by molar-refractivity contribution is -0.176. The maximum absolute atomic E-state index is 11.3. The van der Waals surface area contributed by atoms with E-state index < -0.39 is 55.7 Å². The number of carbonyl (C=O) groups excluding carboxylic acids is 4. The number of ketones is 1. The molecule has 0 heterocycles. The fourth-order valence-corrected chi connectivity index (χ4v) is 1.13. The van der Waals surface area contributed by atoms with Gasteiger partial charge in [-0.2, -0.15) is 0 Å². The molecule has 0 aliphatic heterocycles. The Labute approximate surface area is 138 Å². The molecule has 0 aromatic rings.